The number of hydrogen-bond donors (Lipinski definition) is 1. The van der Waals surface area contributed by atoms with Crippen LogP contribution in [-0.2, 0) is 19.1 Å². The van der Waals surface area contributed by atoms with E-state index in [-0.39, 0.29) is 25.2 Å². The topological polar surface area (TPSA) is 72.8 Å². The quantitative estimate of drug-likeness (QED) is 0.0434. The summed E-state index contributed by atoms with van der Waals surface area (Å²) in [6.07, 6.45) is 43.4. The second-order valence-electron chi connectivity index (χ2n) is 12.6. The fourth-order valence-corrected chi connectivity index (χ4v) is 5.22. The zero-order valence-corrected chi connectivity index (χ0v) is 29.6. The van der Waals surface area contributed by atoms with Crippen LogP contribution in [0, 0.1) is 0 Å². The van der Waals surface area contributed by atoms with Gasteiger partial charge in [0, 0.05) is 12.8 Å². The van der Waals surface area contributed by atoms with Gasteiger partial charge in [-0.3, -0.25) is 9.59 Å². The van der Waals surface area contributed by atoms with Gasteiger partial charge in [-0.2, -0.15) is 0 Å². The molecule has 0 aliphatic rings. The van der Waals surface area contributed by atoms with Crippen LogP contribution < -0.4 is 0 Å². The summed E-state index contributed by atoms with van der Waals surface area (Å²) in [5, 5.41) is 9.53. The summed E-state index contributed by atoms with van der Waals surface area (Å²) in [6, 6.07) is 0. The number of esters is 2. The first-order chi connectivity index (χ1) is 22.1. The lowest BCUT2D eigenvalue weighted by molar-refractivity contribution is -0.161. The summed E-state index contributed by atoms with van der Waals surface area (Å²) < 4.78 is 10.6. The van der Waals surface area contributed by atoms with E-state index < -0.39 is 6.10 Å². The predicted molar refractivity (Wildman–Crippen MR) is 191 cm³/mol. The van der Waals surface area contributed by atoms with Crippen LogP contribution in [0.5, 0.6) is 0 Å². The first-order valence-electron chi connectivity index (χ1n) is 19.0. The van der Waals surface area contributed by atoms with Crippen molar-refractivity contribution in [3.8, 4) is 0 Å². The van der Waals surface area contributed by atoms with Crippen molar-refractivity contribution in [1.29, 1.82) is 0 Å². The first kappa shape index (κ1) is 43.1. The number of allylic oxidation sites excluding steroid dienone is 6. The number of unbranched alkanes of at least 4 members (excludes halogenated alkanes) is 20. The summed E-state index contributed by atoms with van der Waals surface area (Å²) >= 11 is 0. The maximum absolute atomic E-state index is 12.2. The van der Waals surface area contributed by atoms with Gasteiger partial charge >= 0.3 is 11.9 Å². The molecule has 0 aromatic rings. The molecule has 262 valence electrons. The van der Waals surface area contributed by atoms with Crippen molar-refractivity contribution in [2.24, 2.45) is 0 Å². The number of carbonyl (C=O) groups excluding carboxylic acids is 2. The van der Waals surface area contributed by atoms with Gasteiger partial charge in [0.05, 0.1) is 6.61 Å². The molecule has 0 heterocycles. The Morgan fingerprint density at radius 2 is 0.889 bits per heavy atom. The highest BCUT2D eigenvalue weighted by molar-refractivity contribution is 5.70. The van der Waals surface area contributed by atoms with Gasteiger partial charge in [0.1, 0.15) is 6.61 Å². The fourth-order valence-electron chi connectivity index (χ4n) is 5.22. The van der Waals surface area contributed by atoms with Crippen LogP contribution >= 0.6 is 0 Å². The van der Waals surface area contributed by atoms with Crippen LogP contribution in [0.15, 0.2) is 36.5 Å². The van der Waals surface area contributed by atoms with Crippen molar-refractivity contribution in [2.45, 2.75) is 193 Å². The van der Waals surface area contributed by atoms with E-state index in [1.165, 1.54) is 109 Å². The van der Waals surface area contributed by atoms with Crippen molar-refractivity contribution in [3.63, 3.8) is 0 Å². The molecule has 0 spiro atoms. The van der Waals surface area contributed by atoms with Crippen LogP contribution in [0.1, 0.15) is 187 Å². The Morgan fingerprint density at radius 3 is 1.33 bits per heavy atom. The van der Waals surface area contributed by atoms with E-state index in [4.69, 9.17) is 9.47 Å². The molecule has 0 saturated heterocycles. The Morgan fingerprint density at radius 1 is 0.511 bits per heavy atom. The first-order valence-corrected chi connectivity index (χ1v) is 19.0. The molecule has 1 atom stereocenters. The van der Waals surface area contributed by atoms with Gasteiger partial charge in [-0.05, 0) is 70.6 Å². The summed E-state index contributed by atoms with van der Waals surface area (Å²) in [6.45, 7) is 4.07. The Kier molecular flexibility index (Phi) is 35.1. The Hall–Kier alpha value is -1.88. The van der Waals surface area contributed by atoms with Crippen molar-refractivity contribution >= 4 is 11.9 Å². The number of aliphatic hydroxyl groups is 1. The molecular weight excluding hydrogens is 560 g/mol. The fraction of sp³-hybridized carbons (Fsp3) is 0.800. The van der Waals surface area contributed by atoms with Gasteiger partial charge in [0.25, 0.3) is 0 Å². The second-order valence-corrected chi connectivity index (χ2v) is 12.6. The highest BCUT2D eigenvalue weighted by atomic mass is 16.6. The van der Waals surface area contributed by atoms with Crippen LogP contribution in [0.4, 0.5) is 0 Å². The normalized spacial score (nSPS) is 12.5. The number of carbonyl (C=O) groups is 2. The van der Waals surface area contributed by atoms with Gasteiger partial charge in [-0.1, -0.05) is 140 Å². The molecule has 0 bridgehead atoms. The molecule has 5 heteroatoms. The molecule has 0 aliphatic heterocycles. The minimum absolute atomic E-state index is 0.0709. The third-order valence-electron chi connectivity index (χ3n) is 8.16. The zero-order valence-electron chi connectivity index (χ0n) is 29.6. The average molecular weight is 633 g/mol. The highest BCUT2D eigenvalue weighted by Gasteiger charge is 2.16. The van der Waals surface area contributed by atoms with Crippen molar-refractivity contribution in [1.82, 2.24) is 0 Å². The largest absolute Gasteiger partial charge is 0.462 e. The number of rotatable bonds is 34. The number of ether oxygens (including phenoxy) is 2. The zero-order chi connectivity index (χ0) is 32.9. The van der Waals surface area contributed by atoms with E-state index >= 15 is 0 Å². The molecule has 0 aromatic heterocycles. The smallest absolute Gasteiger partial charge is 0.306 e. The third kappa shape index (κ3) is 34.8. The summed E-state index contributed by atoms with van der Waals surface area (Å²) in [5.41, 5.74) is 0. The van der Waals surface area contributed by atoms with Crippen LogP contribution in [-0.4, -0.2) is 36.4 Å². The lowest BCUT2D eigenvalue weighted by atomic mass is 10.1. The van der Waals surface area contributed by atoms with Crippen molar-refractivity contribution < 1.29 is 24.2 Å². The molecule has 0 rings (SSSR count). The van der Waals surface area contributed by atoms with Gasteiger partial charge in [0.2, 0.25) is 0 Å². The van der Waals surface area contributed by atoms with E-state index in [0.29, 0.717) is 12.8 Å². The van der Waals surface area contributed by atoms with Crippen molar-refractivity contribution in [3.05, 3.63) is 36.5 Å². The molecule has 1 N–H and O–H groups in total. The van der Waals surface area contributed by atoms with Crippen molar-refractivity contribution in [2.75, 3.05) is 13.2 Å². The number of hydrogen-bond acceptors (Lipinski definition) is 5. The maximum Gasteiger partial charge on any atom is 0.306 e. The molecule has 0 aliphatic carbocycles. The van der Waals surface area contributed by atoms with E-state index in [1.54, 1.807) is 0 Å². The van der Waals surface area contributed by atoms with Gasteiger partial charge in [0.15, 0.2) is 6.10 Å². The molecule has 0 fully saturated rings. The standard InChI is InChI=1S/C40H72O5/c1-3-5-7-9-11-13-15-17-18-19-20-21-22-23-25-27-29-31-33-35-40(43)45-38(36-41)37-44-39(42)34-32-30-28-26-24-16-14-12-10-8-6-4-2/h11-14,17-18,38,41H,3-10,15-16,19-37H2,1-2H3/b13-11-,14-12-,18-17-/t38-/m0/s1. The molecule has 0 radical (unpaired) electrons. The Balaban J connectivity index is 3.56. The van der Waals surface area contributed by atoms with E-state index in [2.05, 4.69) is 50.3 Å². The van der Waals surface area contributed by atoms with Crippen LogP contribution in [0.3, 0.4) is 0 Å². The summed E-state index contributed by atoms with van der Waals surface area (Å²) in [4.78, 5) is 24.2. The van der Waals surface area contributed by atoms with Gasteiger partial charge in [-0.25, -0.2) is 0 Å². The number of aliphatic hydroxyl groups excluding tert-OH is 1. The van der Waals surface area contributed by atoms with Gasteiger partial charge in [-0.15, -0.1) is 0 Å². The molecule has 5 nitrogen and oxygen atoms in total. The lowest BCUT2D eigenvalue weighted by Gasteiger charge is -2.15. The predicted octanol–water partition coefficient (Wildman–Crippen LogP) is 11.7. The molecule has 0 unspecified atom stereocenters. The highest BCUT2D eigenvalue weighted by Crippen LogP contribution is 2.13. The van der Waals surface area contributed by atoms with E-state index in [9.17, 15) is 14.7 Å². The summed E-state index contributed by atoms with van der Waals surface area (Å²) in [7, 11) is 0. The minimum atomic E-state index is -0.774. The SMILES string of the molecule is CCCCC/C=C\C/C=C\CCCCCCCCCCCC(=O)O[C@@H](CO)COC(=O)CCCCCCC/C=C\CCCCC. The summed E-state index contributed by atoms with van der Waals surface area (Å²) in [5.74, 6) is -0.606. The molecule has 0 saturated carbocycles. The monoisotopic (exact) mass is 633 g/mol. The van der Waals surface area contributed by atoms with E-state index in [1.807, 2.05) is 0 Å². The molecule has 0 aromatic carbocycles. The molecule has 0 amide bonds. The maximum atomic E-state index is 12.2. The average Bonchev–Trinajstić information content (AvgIpc) is 3.04. The van der Waals surface area contributed by atoms with E-state index in [0.717, 1.165) is 51.4 Å². The second kappa shape index (κ2) is 36.6. The molecular formula is C40H72O5. The van der Waals surface area contributed by atoms with Gasteiger partial charge < -0.3 is 14.6 Å². The third-order valence-corrected chi connectivity index (χ3v) is 8.16. The molecule has 45 heavy (non-hydrogen) atoms. The van der Waals surface area contributed by atoms with Crippen LogP contribution in [0.2, 0.25) is 0 Å². The lowest BCUT2D eigenvalue weighted by Crippen LogP contribution is -2.28. The minimum Gasteiger partial charge on any atom is -0.462 e. The Bertz CT molecular complexity index is 726. The Labute approximate surface area is 278 Å². The van der Waals surface area contributed by atoms with Crippen LogP contribution in [0.25, 0.3) is 0 Å².